The third kappa shape index (κ3) is 3.44. The lowest BCUT2D eigenvalue weighted by Gasteiger charge is -2.06. The van der Waals surface area contributed by atoms with Crippen molar-refractivity contribution in [2.75, 3.05) is 17.6 Å². The van der Waals surface area contributed by atoms with Gasteiger partial charge in [0, 0.05) is 43.3 Å². The van der Waals surface area contributed by atoms with Crippen molar-refractivity contribution in [3.63, 3.8) is 0 Å². The molecule has 0 spiro atoms. The number of rotatable bonds is 5. The van der Waals surface area contributed by atoms with E-state index in [0.29, 0.717) is 17.9 Å². The van der Waals surface area contributed by atoms with Gasteiger partial charge in [-0.3, -0.25) is 14.8 Å². The van der Waals surface area contributed by atoms with Crippen molar-refractivity contribution >= 4 is 17.1 Å². The molecule has 0 saturated carbocycles. The lowest BCUT2D eigenvalue weighted by molar-refractivity contribution is -0.384. The normalized spacial score (nSPS) is 10.4. The minimum Gasteiger partial charge on any atom is -0.398 e. The number of non-ortho nitro benzene ring substituents is 1. The fourth-order valence-electron chi connectivity index (χ4n) is 1.79. The summed E-state index contributed by atoms with van der Waals surface area (Å²) in [6.07, 6.45) is 4.52. The lowest BCUT2D eigenvalue weighted by Crippen LogP contribution is -2.05. The number of benzene rings is 1. The summed E-state index contributed by atoms with van der Waals surface area (Å²) in [5.74, 6) is 0. The van der Waals surface area contributed by atoms with Crippen LogP contribution in [0.25, 0.3) is 0 Å². The highest BCUT2D eigenvalue weighted by Crippen LogP contribution is 2.22. The quantitative estimate of drug-likeness (QED) is 0.483. The summed E-state index contributed by atoms with van der Waals surface area (Å²) >= 11 is 0. The maximum absolute atomic E-state index is 10.7. The Hall–Kier alpha value is -2.57. The molecule has 0 bridgehead atoms. The fourth-order valence-corrected chi connectivity index (χ4v) is 1.79. The first-order valence-electron chi connectivity index (χ1n) is 5.81. The van der Waals surface area contributed by atoms with Gasteiger partial charge in [-0.15, -0.1) is 0 Å². The van der Waals surface area contributed by atoms with Crippen LogP contribution in [0, 0.1) is 10.1 Å². The van der Waals surface area contributed by atoms with Gasteiger partial charge in [-0.05, 0) is 18.1 Å². The highest BCUT2D eigenvalue weighted by atomic mass is 16.6. The Bertz CT molecular complexity index is 594. The smallest absolute Gasteiger partial charge is 0.273 e. The average Bonchev–Trinajstić information content (AvgIpc) is 2.74. The number of aromatic nitrogens is 2. The molecule has 0 aliphatic carbocycles. The van der Waals surface area contributed by atoms with Crippen molar-refractivity contribution in [1.29, 1.82) is 0 Å². The molecule has 0 amide bonds. The number of nitrogen functional groups attached to an aromatic ring is 1. The van der Waals surface area contributed by atoms with Gasteiger partial charge in [0.25, 0.3) is 5.69 Å². The van der Waals surface area contributed by atoms with Gasteiger partial charge in [0.1, 0.15) is 0 Å². The molecule has 0 unspecified atom stereocenters. The van der Waals surface area contributed by atoms with Crippen molar-refractivity contribution in [1.82, 2.24) is 9.78 Å². The molecular weight excluding hydrogens is 246 g/mol. The average molecular weight is 261 g/mol. The SMILES string of the molecule is Cn1cc(CCNc2cc(N)cc([N+](=O)[O-])c2)cn1. The molecule has 0 atom stereocenters. The minimum atomic E-state index is -0.456. The molecule has 0 aliphatic rings. The van der Waals surface area contributed by atoms with Gasteiger partial charge in [-0.1, -0.05) is 0 Å². The van der Waals surface area contributed by atoms with E-state index in [-0.39, 0.29) is 5.69 Å². The maximum atomic E-state index is 10.7. The molecule has 3 N–H and O–H groups in total. The van der Waals surface area contributed by atoms with Crippen molar-refractivity contribution in [2.45, 2.75) is 6.42 Å². The number of anilines is 2. The molecule has 19 heavy (non-hydrogen) atoms. The number of nitrogens with two attached hydrogens (primary N) is 1. The second kappa shape index (κ2) is 5.38. The van der Waals surface area contributed by atoms with E-state index in [1.807, 2.05) is 13.2 Å². The molecular formula is C12H15N5O2. The molecule has 7 heteroatoms. The number of nitro benzene ring substituents is 1. The number of nitrogens with zero attached hydrogens (tertiary/aromatic N) is 3. The third-order valence-electron chi connectivity index (χ3n) is 2.65. The largest absolute Gasteiger partial charge is 0.398 e. The van der Waals surface area contributed by atoms with Crippen LogP contribution < -0.4 is 11.1 Å². The van der Waals surface area contributed by atoms with Gasteiger partial charge in [0.05, 0.1) is 11.1 Å². The van der Waals surface area contributed by atoms with Crippen LogP contribution in [0.2, 0.25) is 0 Å². The molecule has 0 radical (unpaired) electrons. The summed E-state index contributed by atoms with van der Waals surface area (Å²) in [7, 11) is 1.86. The van der Waals surface area contributed by atoms with E-state index < -0.39 is 4.92 Å². The van der Waals surface area contributed by atoms with Crippen molar-refractivity contribution in [3.05, 3.63) is 46.3 Å². The third-order valence-corrected chi connectivity index (χ3v) is 2.65. The molecule has 2 rings (SSSR count). The molecule has 100 valence electrons. The van der Waals surface area contributed by atoms with Gasteiger partial charge < -0.3 is 11.1 Å². The molecule has 2 aromatic rings. The van der Waals surface area contributed by atoms with Crippen LogP contribution in [0.1, 0.15) is 5.56 Å². The van der Waals surface area contributed by atoms with Crippen LogP contribution in [0.4, 0.5) is 17.1 Å². The van der Waals surface area contributed by atoms with Gasteiger partial charge in [-0.2, -0.15) is 5.10 Å². The zero-order valence-electron chi connectivity index (χ0n) is 10.5. The summed E-state index contributed by atoms with van der Waals surface area (Å²) in [5, 5.41) is 17.9. The van der Waals surface area contributed by atoms with Gasteiger partial charge >= 0.3 is 0 Å². The van der Waals surface area contributed by atoms with Crippen molar-refractivity contribution < 1.29 is 4.92 Å². The van der Waals surface area contributed by atoms with Gasteiger partial charge in [-0.25, -0.2) is 0 Å². The van der Waals surface area contributed by atoms with Crippen LogP contribution >= 0.6 is 0 Å². The Morgan fingerprint density at radius 1 is 1.47 bits per heavy atom. The van der Waals surface area contributed by atoms with E-state index in [1.165, 1.54) is 12.1 Å². The van der Waals surface area contributed by atoms with Crippen LogP contribution in [-0.2, 0) is 13.5 Å². The van der Waals surface area contributed by atoms with Gasteiger partial charge in [0.2, 0.25) is 0 Å². The first-order chi connectivity index (χ1) is 9.04. The number of hydrogen-bond donors (Lipinski definition) is 2. The number of aryl methyl sites for hydroxylation is 1. The van der Waals surface area contributed by atoms with Crippen molar-refractivity contribution in [2.24, 2.45) is 7.05 Å². The molecule has 7 nitrogen and oxygen atoms in total. The molecule has 0 fully saturated rings. The molecule has 0 aliphatic heterocycles. The van der Waals surface area contributed by atoms with Crippen LogP contribution in [0.3, 0.4) is 0 Å². The van der Waals surface area contributed by atoms with E-state index in [0.717, 1.165) is 12.0 Å². The Morgan fingerprint density at radius 3 is 2.89 bits per heavy atom. The highest BCUT2D eigenvalue weighted by Gasteiger charge is 2.08. The van der Waals surface area contributed by atoms with Crippen LogP contribution in [0.15, 0.2) is 30.6 Å². The minimum absolute atomic E-state index is 0.0103. The Labute approximate surface area is 110 Å². The van der Waals surface area contributed by atoms with Gasteiger partial charge in [0.15, 0.2) is 0 Å². The Morgan fingerprint density at radius 2 is 2.26 bits per heavy atom. The van der Waals surface area contributed by atoms with E-state index in [1.54, 1.807) is 16.9 Å². The number of hydrogen-bond acceptors (Lipinski definition) is 5. The standard InChI is InChI=1S/C12H15N5O2/c1-16-8-9(7-15-16)2-3-14-11-4-10(13)5-12(6-11)17(18)19/h4-8,14H,2-3,13H2,1H3. The topological polar surface area (TPSA) is 99.0 Å². The number of nitro groups is 1. The van der Waals surface area contributed by atoms with Crippen LogP contribution in [-0.4, -0.2) is 21.2 Å². The lowest BCUT2D eigenvalue weighted by atomic mass is 10.2. The Kier molecular flexibility index (Phi) is 3.65. The zero-order chi connectivity index (χ0) is 13.8. The van der Waals surface area contributed by atoms with Crippen LogP contribution in [0.5, 0.6) is 0 Å². The fraction of sp³-hybridized carbons (Fsp3) is 0.250. The zero-order valence-corrected chi connectivity index (χ0v) is 10.5. The molecule has 0 saturated heterocycles. The first kappa shape index (κ1) is 12.9. The summed E-state index contributed by atoms with van der Waals surface area (Å²) in [5.41, 5.74) is 7.74. The molecule has 1 aromatic heterocycles. The van der Waals surface area contributed by atoms with E-state index in [9.17, 15) is 10.1 Å². The van der Waals surface area contributed by atoms with E-state index >= 15 is 0 Å². The summed E-state index contributed by atoms with van der Waals surface area (Å²) in [6.45, 7) is 0.659. The summed E-state index contributed by atoms with van der Waals surface area (Å²) in [6, 6.07) is 4.49. The van der Waals surface area contributed by atoms with Crippen molar-refractivity contribution in [3.8, 4) is 0 Å². The first-order valence-corrected chi connectivity index (χ1v) is 5.81. The van der Waals surface area contributed by atoms with E-state index in [2.05, 4.69) is 10.4 Å². The highest BCUT2D eigenvalue weighted by molar-refractivity contribution is 5.61. The monoisotopic (exact) mass is 261 g/mol. The summed E-state index contributed by atoms with van der Waals surface area (Å²) < 4.78 is 1.74. The predicted octanol–water partition coefficient (Wildman–Crippen LogP) is 1.57. The second-order valence-electron chi connectivity index (χ2n) is 4.27. The second-order valence-corrected chi connectivity index (χ2v) is 4.27. The number of nitrogens with one attached hydrogen (secondary N) is 1. The van der Waals surface area contributed by atoms with E-state index in [4.69, 9.17) is 5.73 Å². The molecule has 1 aromatic carbocycles. The maximum Gasteiger partial charge on any atom is 0.273 e. The summed E-state index contributed by atoms with van der Waals surface area (Å²) in [4.78, 5) is 10.3. The molecule has 1 heterocycles. The Balaban J connectivity index is 1.97. The predicted molar refractivity (Wildman–Crippen MR) is 72.9 cm³/mol.